The smallest absolute Gasteiger partial charge is 0.125 e. The Kier molecular flexibility index (Phi) is 7.82. The Labute approximate surface area is 130 Å². The fraction of sp³-hybridized carbons (Fsp3) is 0.467. The Morgan fingerprint density at radius 2 is 1.80 bits per heavy atom. The van der Waals surface area contributed by atoms with Gasteiger partial charge in [-0.05, 0) is 56.0 Å². The Morgan fingerprint density at radius 1 is 1.15 bits per heavy atom. The van der Waals surface area contributed by atoms with Crippen LogP contribution in [0.2, 0.25) is 0 Å². The molecule has 0 heterocycles. The predicted octanol–water partition coefficient (Wildman–Crippen LogP) is 4.15. The summed E-state index contributed by atoms with van der Waals surface area (Å²) < 4.78 is 11.5. The van der Waals surface area contributed by atoms with Crippen molar-refractivity contribution >= 4 is 23.2 Å². The van der Waals surface area contributed by atoms with E-state index >= 15 is 0 Å². The number of aryl methyl sites for hydroxylation is 2. The lowest BCUT2D eigenvalue weighted by Gasteiger charge is -2.14. The van der Waals surface area contributed by atoms with E-state index in [1.165, 1.54) is 0 Å². The fourth-order valence-corrected chi connectivity index (χ4v) is 1.94. The predicted molar refractivity (Wildman–Crippen MR) is 83.0 cm³/mol. The first-order valence-corrected chi connectivity index (χ1v) is 7.29. The van der Waals surface area contributed by atoms with E-state index in [1.54, 1.807) is 6.08 Å². The molecule has 1 N–H and O–H groups in total. The van der Waals surface area contributed by atoms with Crippen LogP contribution in [0.5, 0.6) is 11.5 Å². The maximum absolute atomic E-state index is 8.73. The zero-order chi connectivity index (χ0) is 15.0. The van der Waals surface area contributed by atoms with Gasteiger partial charge in [0.15, 0.2) is 0 Å². The Hall–Kier alpha value is -0.900. The molecule has 0 fully saturated rings. The summed E-state index contributed by atoms with van der Waals surface area (Å²) in [6.07, 6.45) is 3.19. The van der Waals surface area contributed by atoms with Gasteiger partial charge in [-0.2, -0.15) is 0 Å². The van der Waals surface area contributed by atoms with Crippen LogP contribution < -0.4 is 9.47 Å². The Morgan fingerprint density at radius 3 is 2.35 bits per heavy atom. The zero-order valence-electron chi connectivity index (χ0n) is 11.8. The van der Waals surface area contributed by atoms with Crippen LogP contribution in [0.15, 0.2) is 22.7 Å². The van der Waals surface area contributed by atoms with Crippen molar-refractivity contribution in [3.63, 3.8) is 0 Å². The summed E-state index contributed by atoms with van der Waals surface area (Å²) in [5.74, 6) is 1.63. The quantitative estimate of drug-likeness (QED) is 0.732. The number of ether oxygens (including phenoxy) is 2. The van der Waals surface area contributed by atoms with Crippen LogP contribution in [0.3, 0.4) is 0 Å². The highest BCUT2D eigenvalue weighted by Gasteiger charge is 2.07. The maximum Gasteiger partial charge on any atom is 0.125 e. The molecule has 0 radical (unpaired) electrons. The van der Waals surface area contributed by atoms with Gasteiger partial charge >= 0.3 is 0 Å². The number of halogens is 2. The largest absolute Gasteiger partial charge is 0.493 e. The maximum atomic E-state index is 8.73. The minimum atomic E-state index is 0.197. The molecule has 1 rings (SSSR count). The SMILES string of the molecule is Cc1cc(OCC=C(Cl)Cl)cc(C)c1OCCCCO. The second-order valence-corrected chi connectivity index (χ2v) is 5.48. The van der Waals surface area contributed by atoms with E-state index in [4.69, 9.17) is 37.8 Å². The van der Waals surface area contributed by atoms with E-state index in [0.29, 0.717) is 13.2 Å². The molecular formula is C15H20Cl2O3. The Balaban J connectivity index is 2.63. The third-order valence-electron chi connectivity index (χ3n) is 2.72. The van der Waals surface area contributed by atoms with Gasteiger partial charge in [0.05, 0.1) is 6.61 Å². The lowest BCUT2D eigenvalue weighted by Crippen LogP contribution is -2.02. The van der Waals surface area contributed by atoms with Crippen molar-refractivity contribution in [2.45, 2.75) is 26.7 Å². The number of aliphatic hydroxyl groups excluding tert-OH is 1. The van der Waals surface area contributed by atoms with Crippen LogP contribution in [0.25, 0.3) is 0 Å². The molecular weight excluding hydrogens is 299 g/mol. The normalized spacial score (nSPS) is 10.2. The number of hydrogen-bond acceptors (Lipinski definition) is 3. The molecule has 1 aromatic carbocycles. The van der Waals surface area contributed by atoms with Crippen molar-refractivity contribution in [3.8, 4) is 11.5 Å². The fourth-order valence-electron chi connectivity index (χ4n) is 1.81. The van der Waals surface area contributed by atoms with Gasteiger partial charge < -0.3 is 14.6 Å². The number of benzene rings is 1. The molecule has 0 aromatic heterocycles. The van der Waals surface area contributed by atoms with Crippen LogP contribution >= 0.6 is 23.2 Å². The molecule has 0 amide bonds. The van der Waals surface area contributed by atoms with E-state index in [-0.39, 0.29) is 11.1 Å². The van der Waals surface area contributed by atoms with Gasteiger partial charge in [0.25, 0.3) is 0 Å². The van der Waals surface area contributed by atoms with Gasteiger partial charge in [-0.15, -0.1) is 0 Å². The van der Waals surface area contributed by atoms with E-state index in [1.807, 2.05) is 26.0 Å². The second kappa shape index (κ2) is 9.11. The molecule has 0 spiro atoms. The molecule has 0 unspecified atom stereocenters. The van der Waals surface area contributed by atoms with Crippen molar-refractivity contribution in [2.75, 3.05) is 19.8 Å². The first-order valence-electron chi connectivity index (χ1n) is 6.53. The summed E-state index contributed by atoms with van der Waals surface area (Å²) in [6.45, 7) is 5.09. The lowest BCUT2D eigenvalue weighted by molar-refractivity contribution is 0.251. The number of aliphatic hydroxyl groups is 1. The molecule has 0 aliphatic rings. The summed E-state index contributed by atoms with van der Waals surface area (Å²) in [4.78, 5) is 0. The lowest BCUT2D eigenvalue weighted by atomic mass is 10.1. The molecule has 0 bridgehead atoms. The standard InChI is InChI=1S/C15H20Cl2O3/c1-11-9-13(19-8-5-14(16)17)10-12(2)15(11)20-7-4-3-6-18/h5,9-10,18H,3-4,6-8H2,1-2H3. The summed E-state index contributed by atoms with van der Waals surface area (Å²) in [5.41, 5.74) is 2.04. The number of unbranched alkanes of at least 4 members (excludes halogenated alkanes) is 1. The first kappa shape index (κ1) is 17.2. The van der Waals surface area contributed by atoms with E-state index in [0.717, 1.165) is 35.5 Å². The van der Waals surface area contributed by atoms with Crippen molar-refractivity contribution in [2.24, 2.45) is 0 Å². The van der Waals surface area contributed by atoms with Crippen LogP contribution in [-0.4, -0.2) is 24.9 Å². The van der Waals surface area contributed by atoms with Crippen molar-refractivity contribution in [1.29, 1.82) is 0 Å². The van der Waals surface area contributed by atoms with Crippen LogP contribution in [0.4, 0.5) is 0 Å². The van der Waals surface area contributed by atoms with E-state index < -0.39 is 0 Å². The average molecular weight is 319 g/mol. The molecule has 1 aromatic rings. The van der Waals surface area contributed by atoms with Gasteiger partial charge in [0.2, 0.25) is 0 Å². The molecule has 0 aliphatic carbocycles. The summed E-state index contributed by atoms with van der Waals surface area (Å²) in [6, 6.07) is 3.84. The minimum absolute atomic E-state index is 0.197. The van der Waals surface area contributed by atoms with Crippen LogP contribution in [0, 0.1) is 13.8 Å². The molecule has 0 aliphatic heterocycles. The molecule has 0 atom stereocenters. The van der Waals surface area contributed by atoms with Crippen LogP contribution in [0.1, 0.15) is 24.0 Å². The van der Waals surface area contributed by atoms with Gasteiger partial charge in [0, 0.05) is 6.61 Å². The van der Waals surface area contributed by atoms with Gasteiger partial charge in [-0.1, -0.05) is 23.2 Å². The second-order valence-electron chi connectivity index (χ2n) is 4.47. The summed E-state index contributed by atoms with van der Waals surface area (Å²) in [5, 5.41) is 8.73. The average Bonchev–Trinajstić information content (AvgIpc) is 2.36. The monoisotopic (exact) mass is 318 g/mol. The molecule has 0 saturated carbocycles. The van der Waals surface area contributed by atoms with Crippen molar-refractivity contribution in [3.05, 3.63) is 33.8 Å². The summed E-state index contributed by atoms with van der Waals surface area (Å²) in [7, 11) is 0. The van der Waals surface area contributed by atoms with Gasteiger partial charge in [-0.3, -0.25) is 0 Å². The number of rotatable bonds is 8. The van der Waals surface area contributed by atoms with Crippen LogP contribution in [-0.2, 0) is 0 Å². The third kappa shape index (κ3) is 6.04. The van der Waals surface area contributed by atoms with Crippen molar-refractivity contribution < 1.29 is 14.6 Å². The highest BCUT2D eigenvalue weighted by Crippen LogP contribution is 2.28. The molecule has 5 heteroatoms. The molecule has 112 valence electrons. The van der Waals surface area contributed by atoms with Gasteiger partial charge in [-0.25, -0.2) is 0 Å². The Bertz CT molecular complexity index is 431. The van der Waals surface area contributed by atoms with Gasteiger partial charge in [0.1, 0.15) is 22.6 Å². The molecule has 20 heavy (non-hydrogen) atoms. The minimum Gasteiger partial charge on any atom is -0.493 e. The topological polar surface area (TPSA) is 38.7 Å². The zero-order valence-corrected chi connectivity index (χ0v) is 13.3. The first-order chi connectivity index (χ1) is 9.54. The summed E-state index contributed by atoms with van der Waals surface area (Å²) >= 11 is 11.0. The third-order valence-corrected chi connectivity index (χ3v) is 3.03. The molecule has 0 saturated heterocycles. The highest BCUT2D eigenvalue weighted by molar-refractivity contribution is 6.55. The highest BCUT2D eigenvalue weighted by atomic mass is 35.5. The number of hydrogen-bond donors (Lipinski definition) is 1. The van der Waals surface area contributed by atoms with E-state index in [2.05, 4.69) is 0 Å². The molecule has 3 nitrogen and oxygen atoms in total. The van der Waals surface area contributed by atoms with E-state index in [9.17, 15) is 0 Å². The van der Waals surface area contributed by atoms with Crippen molar-refractivity contribution in [1.82, 2.24) is 0 Å².